The third-order valence-corrected chi connectivity index (χ3v) is 6.81. The molecule has 2 aromatic carbocycles. The Hall–Kier alpha value is -2.76. The van der Waals surface area contributed by atoms with Gasteiger partial charge in [-0.15, -0.1) is 0 Å². The molecular weight excluding hydrogens is 425 g/mol. The third-order valence-electron chi connectivity index (χ3n) is 6.81. The number of alkyl halides is 3. The number of nitrogens with one attached hydrogen (secondary N) is 1. The summed E-state index contributed by atoms with van der Waals surface area (Å²) in [4.78, 5) is 16.9. The molecule has 1 aliphatic rings. The number of hydrogen-bond donors (Lipinski definition) is 1. The quantitative estimate of drug-likeness (QED) is 0.372. The predicted octanol–water partition coefficient (Wildman–Crippen LogP) is 6.96. The lowest BCUT2D eigenvalue weighted by Crippen LogP contribution is -2.33. The van der Waals surface area contributed by atoms with Crippen LogP contribution in [0.5, 0.6) is 0 Å². The number of aromatic nitrogens is 1. The molecule has 0 bridgehead atoms. The average Bonchev–Trinajstić information content (AvgIpc) is 2.81. The van der Waals surface area contributed by atoms with Crippen molar-refractivity contribution in [2.75, 3.05) is 18.0 Å². The second-order valence-corrected chi connectivity index (χ2v) is 9.14. The summed E-state index contributed by atoms with van der Waals surface area (Å²) in [6.45, 7) is 2.08. The first-order chi connectivity index (χ1) is 15.9. The maximum Gasteiger partial charge on any atom is 0.416 e. The van der Waals surface area contributed by atoms with Gasteiger partial charge in [0, 0.05) is 30.2 Å². The maximum atomic E-state index is 12.6. The van der Waals surface area contributed by atoms with Gasteiger partial charge in [-0.3, -0.25) is 4.79 Å². The van der Waals surface area contributed by atoms with Crippen molar-refractivity contribution in [3.8, 4) is 0 Å². The number of benzene rings is 2. The molecule has 3 nitrogen and oxygen atoms in total. The van der Waals surface area contributed by atoms with Crippen LogP contribution in [0.2, 0.25) is 0 Å². The molecule has 0 amide bonds. The van der Waals surface area contributed by atoms with Crippen LogP contribution < -0.4 is 10.5 Å². The number of aryl methyl sites for hydroxylation is 1. The molecule has 1 aromatic heterocycles. The number of anilines is 1. The Kier molecular flexibility index (Phi) is 7.41. The van der Waals surface area contributed by atoms with Gasteiger partial charge in [0.25, 0.3) is 0 Å². The molecule has 1 fully saturated rings. The molecule has 0 aliphatic carbocycles. The van der Waals surface area contributed by atoms with Crippen LogP contribution >= 0.6 is 0 Å². The van der Waals surface area contributed by atoms with Gasteiger partial charge >= 0.3 is 6.18 Å². The zero-order valence-corrected chi connectivity index (χ0v) is 18.8. The van der Waals surface area contributed by atoms with E-state index in [1.807, 2.05) is 18.2 Å². The van der Waals surface area contributed by atoms with Gasteiger partial charge < -0.3 is 9.88 Å². The fraction of sp³-hybridized carbons (Fsp3) is 0.444. The Balaban J connectivity index is 1.15. The topological polar surface area (TPSA) is 36.1 Å². The number of H-pyrrole nitrogens is 1. The number of pyridine rings is 1. The van der Waals surface area contributed by atoms with Crippen molar-refractivity contribution in [2.24, 2.45) is 5.92 Å². The summed E-state index contributed by atoms with van der Waals surface area (Å²) in [7, 11) is 0. The number of hydrogen-bond acceptors (Lipinski definition) is 2. The normalized spacial score (nSPS) is 15.3. The van der Waals surface area contributed by atoms with Gasteiger partial charge in [-0.05, 0) is 67.5 Å². The van der Waals surface area contributed by atoms with Gasteiger partial charge in [-0.25, -0.2) is 0 Å². The highest BCUT2D eigenvalue weighted by atomic mass is 19.4. The van der Waals surface area contributed by atoms with Crippen molar-refractivity contribution in [1.82, 2.24) is 4.98 Å². The van der Waals surface area contributed by atoms with Crippen molar-refractivity contribution in [1.29, 1.82) is 0 Å². The van der Waals surface area contributed by atoms with E-state index in [1.165, 1.54) is 49.9 Å². The second kappa shape index (κ2) is 10.4. The first-order valence-electron chi connectivity index (χ1n) is 11.9. The van der Waals surface area contributed by atoms with Crippen molar-refractivity contribution in [3.63, 3.8) is 0 Å². The smallest absolute Gasteiger partial charge is 0.371 e. The zero-order valence-electron chi connectivity index (χ0n) is 18.8. The zero-order chi connectivity index (χ0) is 23.3. The van der Waals surface area contributed by atoms with Crippen molar-refractivity contribution < 1.29 is 13.2 Å². The molecule has 0 spiro atoms. The monoisotopic (exact) mass is 456 g/mol. The van der Waals surface area contributed by atoms with Crippen LogP contribution in [0.15, 0.2) is 59.4 Å². The Morgan fingerprint density at radius 1 is 0.879 bits per heavy atom. The molecule has 176 valence electrons. The summed E-state index contributed by atoms with van der Waals surface area (Å²) in [5.41, 5.74) is 2.42. The van der Waals surface area contributed by atoms with E-state index in [1.54, 1.807) is 18.2 Å². The Morgan fingerprint density at radius 3 is 2.33 bits per heavy atom. The summed E-state index contributed by atoms with van der Waals surface area (Å²) in [5.74, 6) is 0.756. The first-order valence-corrected chi connectivity index (χ1v) is 11.9. The van der Waals surface area contributed by atoms with E-state index in [4.69, 9.17) is 0 Å². The molecule has 0 radical (unpaired) electrons. The number of nitrogens with zero attached hydrogens (tertiary/aromatic N) is 1. The fourth-order valence-electron chi connectivity index (χ4n) is 4.88. The standard InChI is InChI=1S/C27H31F3N2O/c28-27(29,30)22-12-10-20(11-13-22)6-3-1-2-4-7-21-16-18-32(19-17-21)25-9-5-8-24-23(25)14-15-26(33)31-24/h5,8-15,21H,1-4,6-7,16-19H2,(H,31,33). The summed E-state index contributed by atoms with van der Waals surface area (Å²) >= 11 is 0. The summed E-state index contributed by atoms with van der Waals surface area (Å²) in [6.07, 6.45) is 4.73. The Morgan fingerprint density at radius 2 is 1.61 bits per heavy atom. The van der Waals surface area contributed by atoms with Crippen LogP contribution in [0, 0.1) is 5.92 Å². The highest BCUT2D eigenvalue weighted by Gasteiger charge is 2.29. The summed E-state index contributed by atoms with van der Waals surface area (Å²) in [6, 6.07) is 15.2. The number of halogens is 3. The SMILES string of the molecule is O=c1ccc2c(N3CCC(CCCCCCc4ccc(C(F)(F)F)cc4)CC3)cccc2[nH]1. The van der Waals surface area contributed by atoms with Gasteiger partial charge in [0.1, 0.15) is 0 Å². The minimum Gasteiger partial charge on any atom is -0.371 e. The molecule has 0 atom stereocenters. The number of aromatic amines is 1. The van der Waals surface area contributed by atoms with Crippen molar-refractivity contribution in [2.45, 2.75) is 57.5 Å². The largest absolute Gasteiger partial charge is 0.416 e. The molecule has 1 saturated heterocycles. The maximum absolute atomic E-state index is 12.6. The van der Waals surface area contributed by atoms with Crippen LogP contribution in [0.25, 0.3) is 10.9 Å². The van der Waals surface area contributed by atoms with E-state index in [-0.39, 0.29) is 5.56 Å². The van der Waals surface area contributed by atoms with E-state index in [9.17, 15) is 18.0 Å². The van der Waals surface area contributed by atoms with E-state index in [2.05, 4.69) is 16.0 Å². The number of unbranched alkanes of at least 4 members (excludes halogenated alkanes) is 3. The van der Waals surface area contributed by atoms with Crippen LogP contribution in [-0.4, -0.2) is 18.1 Å². The van der Waals surface area contributed by atoms with Gasteiger partial charge in [-0.1, -0.05) is 43.9 Å². The number of fused-ring (bicyclic) bond motifs is 1. The molecule has 6 heteroatoms. The first kappa shape index (κ1) is 23.4. The van der Waals surface area contributed by atoms with Gasteiger partial charge in [-0.2, -0.15) is 13.2 Å². The number of piperidine rings is 1. The van der Waals surface area contributed by atoms with Crippen LogP contribution in [-0.2, 0) is 12.6 Å². The lowest BCUT2D eigenvalue weighted by molar-refractivity contribution is -0.137. The van der Waals surface area contributed by atoms with Gasteiger partial charge in [0.05, 0.1) is 11.1 Å². The molecule has 1 N–H and O–H groups in total. The van der Waals surface area contributed by atoms with Gasteiger partial charge in [0.15, 0.2) is 0 Å². The van der Waals surface area contributed by atoms with Gasteiger partial charge in [0.2, 0.25) is 5.56 Å². The second-order valence-electron chi connectivity index (χ2n) is 9.14. The van der Waals surface area contributed by atoms with E-state index < -0.39 is 11.7 Å². The summed E-state index contributed by atoms with van der Waals surface area (Å²) in [5, 5.41) is 1.10. The molecule has 0 unspecified atom stereocenters. The highest BCUT2D eigenvalue weighted by Crippen LogP contribution is 2.31. The highest BCUT2D eigenvalue weighted by molar-refractivity contribution is 5.91. The Bertz CT molecular complexity index is 1100. The lowest BCUT2D eigenvalue weighted by Gasteiger charge is -2.34. The average molecular weight is 457 g/mol. The predicted molar refractivity (Wildman–Crippen MR) is 128 cm³/mol. The molecule has 3 aromatic rings. The fourth-order valence-corrected chi connectivity index (χ4v) is 4.88. The van der Waals surface area contributed by atoms with Crippen molar-refractivity contribution in [3.05, 3.63) is 76.1 Å². The summed E-state index contributed by atoms with van der Waals surface area (Å²) < 4.78 is 37.9. The molecule has 4 rings (SSSR count). The third kappa shape index (κ3) is 6.18. The van der Waals surface area contributed by atoms with Crippen LogP contribution in [0.3, 0.4) is 0 Å². The van der Waals surface area contributed by atoms with Crippen molar-refractivity contribution >= 4 is 16.6 Å². The molecule has 2 heterocycles. The number of rotatable bonds is 8. The van der Waals surface area contributed by atoms with Crippen LogP contribution in [0.1, 0.15) is 56.1 Å². The molecule has 1 aliphatic heterocycles. The molecular formula is C27H31F3N2O. The molecule has 33 heavy (non-hydrogen) atoms. The van der Waals surface area contributed by atoms with Crippen LogP contribution in [0.4, 0.5) is 18.9 Å². The Labute approximate surface area is 192 Å². The minimum atomic E-state index is -4.26. The van der Waals surface area contributed by atoms with E-state index in [0.717, 1.165) is 54.7 Å². The molecule has 0 saturated carbocycles. The van der Waals surface area contributed by atoms with E-state index >= 15 is 0 Å². The minimum absolute atomic E-state index is 0.0716. The van der Waals surface area contributed by atoms with E-state index in [0.29, 0.717) is 0 Å². The lowest BCUT2D eigenvalue weighted by atomic mass is 9.90.